The van der Waals surface area contributed by atoms with Crippen LogP contribution in [0, 0.1) is 0 Å². The van der Waals surface area contributed by atoms with E-state index >= 15 is 0 Å². The first-order valence-corrected chi connectivity index (χ1v) is 7.09. The highest BCUT2D eigenvalue weighted by Gasteiger charge is 2.28. The van der Waals surface area contributed by atoms with Gasteiger partial charge in [-0.05, 0) is 24.3 Å². The summed E-state index contributed by atoms with van der Waals surface area (Å²) in [6.45, 7) is 0. The molecule has 0 fully saturated rings. The normalized spacial score (nSPS) is 11.6. The second-order valence-corrected chi connectivity index (χ2v) is 6.52. The number of rotatable bonds is 2. The molecule has 0 radical (unpaired) electrons. The molecule has 0 aliphatic carbocycles. The quantitative estimate of drug-likeness (QED) is 0.728. The SMILES string of the molecule is ClCc1nc(-c2ccc(Cl)cc2)nc(C(Cl)(Cl)Cl)n1. The van der Waals surface area contributed by atoms with Gasteiger partial charge in [-0.1, -0.05) is 46.4 Å². The van der Waals surface area contributed by atoms with Crippen LogP contribution < -0.4 is 0 Å². The first kappa shape index (κ1) is 15.1. The van der Waals surface area contributed by atoms with Crippen LogP contribution >= 0.6 is 58.0 Å². The lowest BCUT2D eigenvalue weighted by atomic mass is 10.2. The molecule has 0 saturated carbocycles. The van der Waals surface area contributed by atoms with Gasteiger partial charge in [-0.15, -0.1) is 11.6 Å². The maximum atomic E-state index is 5.82. The molecule has 0 atom stereocenters. The van der Waals surface area contributed by atoms with Crippen molar-refractivity contribution in [1.82, 2.24) is 15.0 Å². The molecule has 0 aliphatic heterocycles. The summed E-state index contributed by atoms with van der Waals surface area (Å²) in [5.74, 6) is 0.844. The van der Waals surface area contributed by atoms with E-state index in [-0.39, 0.29) is 11.7 Å². The van der Waals surface area contributed by atoms with Crippen LogP contribution in [0.4, 0.5) is 0 Å². The van der Waals surface area contributed by atoms with Gasteiger partial charge in [0.25, 0.3) is 0 Å². The molecule has 0 aliphatic rings. The van der Waals surface area contributed by atoms with Gasteiger partial charge >= 0.3 is 0 Å². The number of nitrogens with zero attached hydrogens (tertiary/aromatic N) is 3. The average Bonchev–Trinajstić information content (AvgIpc) is 2.38. The first-order chi connectivity index (χ1) is 8.90. The van der Waals surface area contributed by atoms with E-state index in [1.807, 2.05) is 0 Å². The first-order valence-electron chi connectivity index (χ1n) is 5.04. The predicted octanol–water partition coefficient (Wildman–Crippen LogP) is 4.76. The topological polar surface area (TPSA) is 38.7 Å². The Morgan fingerprint density at radius 1 is 0.947 bits per heavy atom. The van der Waals surface area contributed by atoms with E-state index in [1.54, 1.807) is 24.3 Å². The molecule has 8 heteroatoms. The Balaban J connectivity index is 2.54. The van der Waals surface area contributed by atoms with Crippen molar-refractivity contribution in [2.75, 3.05) is 0 Å². The average molecular weight is 357 g/mol. The summed E-state index contributed by atoms with van der Waals surface area (Å²) in [7, 11) is 0. The third-order valence-electron chi connectivity index (χ3n) is 2.16. The van der Waals surface area contributed by atoms with Crippen molar-refractivity contribution in [3.63, 3.8) is 0 Å². The zero-order valence-corrected chi connectivity index (χ0v) is 13.0. The van der Waals surface area contributed by atoms with Gasteiger partial charge in [-0.25, -0.2) is 15.0 Å². The molecular formula is C11H6Cl5N3. The molecule has 100 valence electrons. The minimum absolute atomic E-state index is 0.0353. The predicted molar refractivity (Wildman–Crippen MR) is 79.1 cm³/mol. The van der Waals surface area contributed by atoms with Gasteiger partial charge in [-0.2, -0.15) is 0 Å². The molecule has 0 spiro atoms. The molecule has 0 N–H and O–H groups in total. The molecule has 0 saturated heterocycles. The molecule has 1 aromatic carbocycles. The van der Waals surface area contributed by atoms with Crippen LogP contribution in [-0.4, -0.2) is 15.0 Å². The standard InChI is InChI=1S/C11H6Cl5N3/c12-5-8-17-9(6-1-3-7(13)4-2-6)19-10(18-8)11(14,15)16/h1-4H,5H2. The Morgan fingerprint density at radius 2 is 1.58 bits per heavy atom. The van der Waals surface area contributed by atoms with Crippen LogP contribution in [0.2, 0.25) is 5.02 Å². The van der Waals surface area contributed by atoms with E-state index < -0.39 is 3.79 Å². The Bertz CT molecular complexity index is 580. The summed E-state index contributed by atoms with van der Waals surface area (Å²) in [5.41, 5.74) is 0.730. The highest BCUT2D eigenvalue weighted by atomic mass is 35.6. The smallest absolute Gasteiger partial charge is 0.212 e. The summed E-state index contributed by atoms with van der Waals surface area (Å²) in [4.78, 5) is 12.3. The fourth-order valence-electron chi connectivity index (χ4n) is 1.33. The summed E-state index contributed by atoms with van der Waals surface area (Å²) in [6.07, 6.45) is 0. The van der Waals surface area contributed by atoms with Crippen molar-refractivity contribution < 1.29 is 0 Å². The number of hydrogen-bond acceptors (Lipinski definition) is 3. The zero-order valence-electron chi connectivity index (χ0n) is 9.25. The molecule has 3 nitrogen and oxygen atoms in total. The molecule has 0 amide bonds. The molecule has 1 aromatic heterocycles. The minimum atomic E-state index is -1.73. The van der Waals surface area contributed by atoms with Crippen LogP contribution in [0.25, 0.3) is 11.4 Å². The van der Waals surface area contributed by atoms with E-state index in [2.05, 4.69) is 15.0 Å². The maximum absolute atomic E-state index is 5.82. The van der Waals surface area contributed by atoms with Crippen molar-refractivity contribution in [3.05, 3.63) is 40.9 Å². The summed E-state index contributed by atoms with van der Waals surface area (Å²) in [6, 6.07) is 6.96. The van der Waals surface area contributed by atoms with Crippen LogP contribution in [0.5, 0.6) is 0 Å². The summed E-state index contributed by atoms with van der Waals surface area (Å²) in [5, 5.41) is 0.608. The third-order valence-corrected chi connectivity index (χ3v) is 3.16. The lowest BCUT2D eigenvalue weighted by Gasteiger charge is -2.11. The Labute approximate surface area is 134 Å². The highest BCUT2D eigenvalue weighted by Crippen LogP contribution is 2.36. The Hall–Kier alpha value is -0.320. The van der Waals surface area contributed by atoms with E-state index in [0.29, 0.717) is 16.7 Å². The van der Waals surface area contributed by atoms with E-state index in [0.717, 1.165) is 5.56 Å². The lowest BCUT2D eigenvalue weighted by Crippen LogP contribution is -2.11. The van der Waals surface area contributed by atoms with Gasteiger partial charge in [0.2, 0.25) is 3.79 Å². The second kappa shape index (κ2) is 5.98. The minimum Gasteiger partial charge on any atom is -0.212 e. The fraction of sp³-hybridized carbons (Fsp3) is 0.182. The fourth-order valence-corrected chi connectivity index (χ4v) is 1.83. The molecular weight excluding hydrogens is 351 g/mol. The number of halogens is 5. The van der Waals surface area contributed by atoms with Gasteiger partial charge in [0, 0.05) is 10.6 Å². The van der Waals surface area contributed by atoms with Gasteiger partial charge in [0.1, 0.15) is 5.82 Å². The summed E-state index contributed by atoms with van der Waals surface area (Å²) >= 11 is 28.9. The zero-order chi connectivity index (χ0) is 14.0. The van der Waals surface area contributed by atoms with Gasteiger partial charge < -0.3 is 0 Å². The Kier molecular flexibility index (Phi) is 4.75. The van der Waals surface area contributed by atoms with Crippen LogP contribution in [0.1, 0.15) is 11.6 Å². The second-order valence-electron chi connectivity index (χ2n) is 3.54. The Morgan fingerprint density at radius 3 is 2.11 bits per heavy atom. The van der Waals surface area contributed by atoms with Gasteiger partial charge in [-0.3, -0.25) is 0 Å². The number of benzene rings is 1. The van der Waals surface area contributed by atoms with Crippen molar-refractivity contribution in [2.45, 2.75) is 9.67 Å². The lowest BCUT2D eigenvalue weighted by molar-refractivity contribution is 0.875. The number of aromatic nitrogens is 3. The number of alkyl halides is 4. The highest BCUT2D eigenvalue weighted by molar-refractivity contribution is 6.66. The monoisotopic (exact) mass is 355 g/mol. The third kappa shape index (κ3) is 3.83. The molecule has 0 unspecified atom stereocenters. The molecule has 2 rings (SSSR count). The van der Waals surface area contributed by atoms with Crippen molar-refractivity contribution in [1.29, 1.82) is 0 Å². The van der Waals surface area contributed by atoms with Crippen molar-refractivity contribution >= 4 is 58.0 Å². The van der Waals surface area contributed by atoms with Gasteiger partial charge in [0.15, 0.2) is 11.6 Å². The van der Waals surface area contributed by atoms with Crippen LogP contribution in [0.3, 0.4) is 0 Å². The molecule has 2 aromatic rings. The van der Waals surface area contributed by atoms with Gasteiger partial charge in [0.05, 0.1) is 5.88 Å². The van der Waals surface area contributed by atoms with Crippen molar-refractivity contribution in [3.8, 4) is 11.4 Å². The van der Waals surface area contributed by atoms with Crippen LogP contribution in [0.15, 0.2) is 24.3 Å². The van der Waals surface area contributed by atoms with Crippen LogP contribution in [-0.2, 0) is 9.67 Å². The maximum Gasteiger partial charge on any atom is 0.250 e. The largest absolute Gasteiger partial charge is 0.250 e. The van der Waals surface area contributed by atoms with E-state index in [9.17, 15) is 0 Å². The van der Waals surface area contributed by atoms with E-state index in [4.69, 9.17) is 58.0 Å². The summed E-state index contributed by atoms with van der Waals surface area (Å²) < 4.78 is -1.73. The molecule has 1 heterocycles. The molecule has 19 heavy (non-hydrogen) atoms. The van der Waals surface area contributed by atoms with E-state index in [1.165, 1.54) is 0 Å². The van der Waals surface area contributed by atoms with Crippen molar-refractivity contribution in [2.24, 2.45) is 0 Å². The number of hydrogen-bond donors (Lipinski definition) is 0. The molecule has 0 bridgehead atoms.